The molecule has 0 saturated carbocycles. The van der Waals surface area contributed by atoms with Crippen LogP contribution in [0.4, 0.5) is 0 Å². The van der Waals surface area contributed by atoms with E-state index in [0.717, 1.165) is 17.5 Å². The van der Waals surface area contributed by atoms with E-state index in [-0.39, 0.29) is 12.3 Å². The van der Waals surface area contributed by atoms with Gasteiger partial charge in [0.25, 0.3) is 0 Å². The first-order chi connectivity index (χ1) is 9.60. The van der Waals surface area contributed by atoms with Crippen molar-refractivity contribution in [3.63, 3.8) is 0 Å². The van der Waals surface area contributed by atoms with Crippen molar-refractivity contribution in [2.24, 2.45) is 0 Å². The molecule has 1 aromatic carbocycles. The fourth-order valence-electron chi connectivity index (χ4n) is 1.52. The normalized spacial score (nSPS) is 10.1. The monoisotopic (exact) mass is 274 g/mol. The van der Waals surface area contributed by atoms with E-state index in [4.69, 9.17) is 9.47 Å². The summed E-state index contributed by atoms with van der Waals surface area (Å²) < 4.78 is 10.7. The highest BCUT2D eigenvalue weighted by Crippen LogP contribution is 2.12. The van der Waals surface area contributed by atoms with Gasteiger partial charge in [0.05, 0.1) is 13.3 Å². The molecule has 0 spiro atoms. The average molecular weight is 274 g/mol. The van der Waals surface area contributed by atoms with Crippen LogP contribution in [-0.2, 0) is 11.3 Å². The lowest BCUT2D eigenvalue weighted by molar-refractivity contribution is -0.613. The highest BCUT2D eigenvalue weighted by atomic mass is 16.5. The minimum atomic E-state index is -0.634. The Morgan fingerprint density at radius 1 is 1.35 bits per heavy atom. The minimum Gasteiger partial charge on any atom is -0.618 e. The Morgan fingerprint density at radius 2 is 2.05 bits per heavy atom. The van der Waals surface area contributed by atoms with E-state index in [1.807, 2.05) is 0 Å². The number of hydrogen-bond donors (Lipinski definition) is 0. The van der Waals surface area contributed by atoms with Gasteiger partial charge in [-0.3, -0.25) is 0 Å². The highest BCUT2D eigenvalue weighted by molar-refractivity contribution is 5.86. The third-order valence-electron chi connectivity index (χ3n) is 2.72. The molecule has 0 atom stereocenters. The molecule has 6 heteroatoms. The molecule has 2 aromatic rings. The van der Waals surface area contributed by atoms with Crippen LogP contribution in [-0.4, -0.2) is 18.1 Å². The van der Waals surface area contributed by atoms with Crippen LogP contribution in [0, 0.1) is 12.1 Å². The van der Waals surface area contributed by atoms with Crippen LogP contribution in [0.2, 0.25) is 0 Å². The van der Waals surface area contributed by atoms with Crippen LogP contribution in [0.25, 0.3) is 0 Å². The van der Waals surface area contributed by atoms with Crippen molar-refractivity contribution in [3.8, 4) is 5.75 Å². The van der Waals surface area contributed by atoms with Crippen LogP contribution in [0.3, 0.4) is 0 Å². The summed E-state index contributed by atoms with van der Waals surface area (Å²) in [5.41, 5.74) is 1.22. The van der Waals surface area contributed by atoms with Crippen LogP contribution >= 0.6 is 0 Å². The molecule has 1 aromatic heterocycles. The molecule has 0 unspecified atom stereocenters. The number of esters is 1. The van der Waals surface area contributed by atoms with Gasteiger partial charge in [-0.2, -0.15) is 4.73 Å². The maximum atomic E-state index is 11.7. The van der Waals surface area contributed by atoms with Gasteiger partial charge in [-0.05, 0) is 17.7 Å². The molecule has 0 aliphatic heterocycles. The molecule has 0 N–H and O–H groups in total. The molecule has 0 aliphatic rings. The number of nitrogens with zero attached hydrogens (tertiary/aromatic N) is 2. The zero-order valence-corrected chi connectivity index (χ0v) is 11.2. The van der Waals surface area contributed by atoms with Gasteiger partial charge in [-0.25, -0.2) is 9.78 Å². The first-order valence-electron chi connectivity index (χ1n) is 5.96. The van der Waals surface area contributed by atoms with Crippen LogP contribution in [0.1, 0.15) is 21.7 Å². The number of carbonyl (C=O) groups excluding carboxylic acids is 1. The molecule has 0 saturated heterocycles. The number of ether oxygens (including phenoxy) is 2. The van der Waals surface area contributed by atoms with E-state index < -0.39 is 5.97 Å². The van der Waals surface area contributed by atoms with Crippen molar-refractivity contribution in [1.82, 2.24) is 4.98 Å². The number of hydrogen-bond acceptors (Lipinski definition) is 5. The lowest BCUT2D eigenvalue weighted by Gasteiger charge is -2.06. The van der Waals surface area contributed by atoms with Crippen molar-refractivity contribution in [1.29, 1.82) is 0 Å². The van der Waals surface area contributed by atoms with E-state index in [9.17, 15) is 10.0 Å². The molecule has 0 amide bonds. The van der Waals surface area contributed by atoms with Gasteiger partial charge < -0.3 is 14.7 Å². The number of rotatable bonds is 4. The second-order valence-corrected chi connectivity index (χ2v) is 4.16. The molecule has 0 aliphatic carbocycles. The van der Waals surface area contributed by atoms with Crippen molar-refractivity contribution in [2.45, 2.75) is 13.5 Å². The van der Waals surface area contributed by atoms with Gasteiger partial charge in [0.1, 0.15) is 12.4 Å². The molecular formula is C14H14N2O4. The zero-order chi connectivity index (χ0) is 14.5. The van der Waals surface area contributed by atoms with E-state index >= 15 is 0 Å². The topological polar surface area (TPSA) is 75.4 Å². The number of aromatic nitrogens is 2. The Morgan fingerprint density at radius 3 is 2.65 bits per heavy atom. The molecule has 20 heavy (non-hydrogen) atoms. The lowest BCUT2D eigenvalue weighted by atomic mass is 10.2. The third-order valence-corrected chi connectivity index (χ3v) is 2.72. The van der Waals surface area contributed by atoms with Crippen LogP contribution in [0.15, 0.2) is 36.7 Å². The summed E-state index contributed by atoms with van der Waals surface area (Å²) in [5, 5.41) is 11.3. The van der Waals surface area contributed by atoms with Crippen molar-refractivity contribution in [2.75, 3.05) is 7.11 Å². The fourth-order valence-corrected chi connectivity index (χ4v) is 1.52. The first-order valence-corrected chi connectivity index (χ1v) is 5.96. The third kappa shape index (κ3) is 3.23. The smallest absolute Gasteiger partial charge is 0.363 e. The van der Waals surface area contributed by atoms with Crippen LogP contribution in [0.5, 0.6) is 5.75 Å². The van der Waals surface area contributed by atoms with Gasteiger partial charge in [-0.1, -0.05) is 12.1 Å². The van der Waals surface area contributed by atoms with Gasteiger partial charge in [0.2, 0.25) is 17.6 Å². The number of carbonyl (C=O) groups is 1. The summed E-state index contributed by atoms with van der Waals surface area (Å²) in [4.78, 5) is 15.6. The van der Waals surface area contributed by atoms with Crippen molar-refractivity contribution >= 4 is 5.97 Å². The van der Waals surface area contributed by atoms with E-state index in [2.05, 4.69) is 4.98 Å². The summed E-state index contributed by atoms with van der Waals surface area (Å²) in [5.74, 6) is 0.0955. The van der Waals surface area contributed by atoms with E-state index in [1.54, 1.807) is 38.3 Å². The first kappa shape index (κ1) is 13.8. The predicted molar refractivity (Wildman–Crippen MR) is 70.0 cm³/mol. The Balaban J connectivity index is 1.98. The minimum absolute atomic E-state index is 0.0147. The van der Waals surface area contributed by atoms with Gasteiger partial charge in [0.15, 0.2) is 0 Å². The predicted octanol–water partition coefficient (Wildman–Crippen LogP) is 1.39. The summed E-state index contributed by atoms with van der Waals surface area (Å²) >= 11 is 0. The summed E-state index contributed by atoms with van der Waals surface area (Å²) in [7, 11) is 1.58. The maximum absolute atomic E-state index is 11.7. The van der Waals surface area contributed by atoms with Crippen molar-refractivity contribution < 1.29 is 19.0 Å². The quantitative estimate of drug-likeness (QED) is 0.478. The maximum Gasteiger partial charge on any atom is 0.363 e. The summed E-state index contributed by atoms with van der Waals surface area (Å²) in [6.45, 7) is 1.71. The second-order valence-electron chi connectivity index (χ2n) is 4.16. The molecule has 104 valence electrons. The Labute approximate surface area is 116 Å². The van der Waals surface area contributed by atoms with E-state index in [0.29, 0.717) is 10.4 Å². The molecule has 2 rings (SSSR count). The van der Waals surface area contributed by atoms with Gasteiger partial charge >= 0.3 is 5.97 Å². The number of benzene rings is 1. The standard InChI is InChI=1S/C14H14N2O4/c1-10-7-15-13(8-16(10)18)14(17)20-9-11-3-5-12(19-2)6-4-11/h3-8H,9H2,1-2H3. The molecule has 0 fully saturated rings. The molecule has 1 heterocycles. The number of aryl methyl sites for hydroxylation is 1. The van der Waals surface area contributed by atoms with E-state index in [1.165, 1.54) is 6.20 Å². The zero-order valence-electron chi connectivity index (χ0n) is 11.2. The Kier molecular flexibility index (Phi) is 4.14. The summed E-state index contributed by atoms with van der Waals surface area (Å²) in [6.07, 6.45) is 2.43. The fraction of sp³-hybridized carbons (Fsp3) is 0.214. The van der Waals surface area contributed by atoms with Crippen molar-refractivity contribution in [3.05, 3.63) is 58.8 Å². The molecular weight excluding hydrogens is 260 g/mol. The average Bonchev–Trinajstić information content (AvgIpc) is 2.48. The van der Waals surface area contributed by atoms with Crippen LogP contribution < -0.4 is 9.47 Å². The Bertz CT molecular complexity index is 611. The Hall–Kier alpha value is -2.63. The molecule has 0 bridgehead atoms. The number of methoxy groups -OCH3 is 1. The van der Waals surface area contributed by atoms with Gasteiger partial charge in [0, 0.05) is 6.92 Å². The summed E-state index contributed by atoms with van der Waals surface area (Å²) in [6, 6.07) is 7.14. The SMILES string of the molecule is COc1ccc(COC(=O)c2c[n+]([O-])c(C)cn2)cc1. The molecule has 6 nitrogen and oxygen atoms in total. The second kappa shape index (κ2) is 6.01. The van der Waals surface area contributed by atoms with Gasteiger partial charge in [-0.15, -0.1) is 0 Å². The highest BCUT2D eigenvalue weighted by Gasteiger charge is 2.14. The molecule has 0 radical (unpaired) electrons. The lowest BCUT2D eigenvalue weighted by Crippen LogP contribution is -2.31. The largest absolute Gasteiger partial charge is 0.618 e.